The molecule has 0 radical (unpaired) electrons. The topological polar surface area (TPSA) is 31.9 Å². The quantitative estimate of drug-likeness (QED) is 0.772. The Bertz CT molecular complexity index is 465. The maximum absolute atomic E-state index is 4.21. The Morgan fingerprint density at radius 1 is 1.27 bits per heavy atom. The van der Waals surface area contributed by atoms with E-state index in [0.29, 0.717) is 0 Å². The van der Waals surface area contributed by atoms with E-state index in [2.05, 4.69) is 54.8 Å². The molecule has 15 heavy (non-hydrogen) atoms. The molecular formula is C12H17N3. The first kappa shape index (κ1) is 10.0. The molecule has 0 aliphatic rings. The lowest BCUT2D eigenvalue weighted by Gasteiger charge is -2.34. The van der Waals surface area contributed by atoms with Gasteiger partial charge in [0.2, 0.25) is 0 Å². The Morgan fingerprint density at radius 3 is 2.67 bits per heavy atom. The first-order valence-corrected chi connectivity index (χ1v) is 5.15. The predicted molar refractivity (Wildman–Crippen MR) is 64.2 cm³/mol. The van der Waals surface area contributed by atoms with Gasteiger partial charge in [-0.2, -0.15) is 0 Å². The molecule has 80 valence electrons. The van der Waals surface area contributed by atoms with Gasteiger partial charge >= 0.3 is 0 Å². The summed E-state index contributed by atoms with van der Waals surface area (Å²) in [5.74, 6) is 0. The minimum absolute atomic E-state index is 0.133. The zero-order valence-corrected chi connectivity index (χ0v) is 9.70. The number of aromatic nitrogens is 2. The van der Waals surface area contributed by atoms with Crippen molar-refractivity contribution in [1.82, 2.24) is 9.97 Å². The van der Waals surface area contributed by atoms with Gasteiger partial charge < -0.3 is 9.88 Å². The second-order valence-electron chi connectivity index (χ2n) is 4.83. The highest BCUT2D eigenvalue weighted by Gasteiger charge is 2.17. The first-order valence-electron chi connectivity index (χ1n) is 5.15. The van der Waals surface area contributed by atoms with Crippen LogP contribution in [-0.2, 0) is 0 Å². The standard InChI is InChI=1S/C12H17N3/c1-12(2,3)15(4)9-5-6-10-11(7-9)14-8-13-10/h5-8H,1-4H3,(H,13,14). The Kier molecular flexibility index (Phi) is 2.18. The van der Waals surface area contributed by atoms with Crippen molar-refractivity contribution in [3.63, 3.8) is 0 Å². The van der Waals surface area contributed by atoms with Crippen molar-refractivity contribution in [1.29, 1.82) is 0 Å². The summed E-state index contributed by atoms with van der Waals surface area (Å²) in [5, 5.41) is 0. The molecule has 1 aromatic carbocycles. The van der Waals surface area contributed by atoms with Crippen LogP contribution in [0.25, 0.3) is 11.0 Å². The normalized spacial score (nSPS) is 12.0. The molecule has 0 spiro atoms. The summed E-state index contributed by atoms with van der Waals surface area (Å²) in [6.45, 7) is 6.60. The van der Waals surface area contributed by atoms with Crippen LogP contribution in [0.3, 0.4) is 0 Å². The van der Waals surface area contributed by atoms with Crippen molar-refractivity contribution in [3.8, 4) is 0 Å². The average molecular weight is 203 g/mol. The third-order valence-corrected chi connectivity index (χ3v) is 2.80. The zero-order valence-electron chi connectivity index (χ0n) is 9.70. The van der Waals surface area contributed by atoms with Crippen LogP contribution in [-0.4, -0.2) is 22.6 Å². The number of H-pyrrole nitrogens is 1. The molecule has 1 heterocycles. The smallest absolute Gasteiger partial charge is 0.0931 e. The third kappa shape index (κ3) is 1.82. The predicted octanol–water partition coefficient (Wildman–Crippen LogP) is 2.80. The van der Waals surface area contributed by atoms with E-state index in [9.17, 15) is 0 Å². The van der Waals surface area contributed by atoms with Crippen LogP contribution in [0.15, 0.2) is 24.5 Å². The summed E-state index contributed by atoms with van der Waals surface area (Å²) in [6, 6.07) is 6.28. The Balaban J connectivity index is 2.44. The molecule has 3 nitrogen and oxygen atoms in total. The number of fused-ring (bicyclic) bond motifs is 1. The number of rotatable bonds is 1. The maximum Gasteiger partial charge on any atom is 0.0931 e. The lowest BCUT2D eigenvalue weighted by molar-refractivity contribution is 0.539. The van der Waals surface area contributed by atoms with Gasteiger partial charge in [-0.3, -0.25) is 0 Å². The van der Waals surface area contributed by atoms with Gasteiger partial charge in [-0.05, 0) is 39.0 Å². The summed E-state index contributed by atoms with van der Waals surface area (Å²) >= 11 is 0. The van der Waals surface area contributed by atoms with Gasteiger partial charge in [0.1, 0.15) is 0 Å². The zero-order chi connectivity index (χ0) is 11.1. The van der Waals surface area contributed by atoms with Crippen LogP contribution in [0.4, 0.5) is 5.69 Å². The largest absolute Gasteiger partial charge is 0.370 e. The molecule has 2 aromatic rings. The number of hydrogen-bond donors (Lipinski definition) is 1. The highest BCUT2D eigenvalue weighted by atomic mass is 15.2. The van der Waals surface area contributed by atoms with Gasteiger partial charge in [0, 0.05) is 18.3 Å². The molecule has 0 fully saturated rings. The molecule has 0 saturated carbocycles. The Labute approximate surface area is 90.1 Å². The highest BCUT2D eigenvalue weighted by molar-refractivity contribution is 5.79. The minimum atomic E-state index is 0.133. The number of nitrogens with zero attached hydrogens (tertiary/aromatic N) is 2. The lowest BCUT2D eigenvalue weighted by Crippen LogP contribution is -2.37. The van der Waals surface area contributed by atoms with E-state index in [-0.39, 0.29) is 5.54 Å². The van der Waals surface area contributed by atoms with Gasteiger partial charge in [0.15, 0.2) is 0 Å². The van der Waals surface area contributed by atoms with Crippen molar-refractivity contribution in [3.05, 3.63) is 24.5 Å². The van der Waals surface area contributed by atoms with Crippen molar-refractivity contribution in [2.75, 3.05) is 11.9 Å². The molecule has 0 aliphatic carbocycles. The van der Waals surface area contributed by atoms with Gasteiger partial charge in [0.25, 0.3) is 0 Å². The number of anilines is 1. The van der Waals surface area contributed by atoms with Crippen LogP contribution in [0, 0.1) is 0 Å². The third-order valence-electron chi connectivity index (χ3n) is 2.80. The molecule has 0 saturated heterocycles. The van der Waals surface area contributed by atoms with E-state index in [0.717, 1.165) is 11.0 Å². The maximum atomic E-state index is 4.21. The fourth-order valence-corrected chi connectivity index (χ4v) is 1.52. The lowest BCUT2D eigenvalue weighted by atomic mass is 10.1. The summed E-state index contributed by atoms with van der Waals surface area (Å²) in [4.78, 5) is 9.59. The molecule has 3 heteroatoms. The van der Waals surface area contributed by atoms with E-state index in [1.54, 1.807) is 6.33 Å². The van der Waals surface area contributed by atoms with E-state index in [1.165, 1.54) is 5.69 Å². The molecule has 0 unspecified atom stereocenters. The number of aromatic amines is 1. The van der Waals surface area contributed by atoms with Crippen molar-refractivity contribution in [2.45, 2.75) is 26.3 Å². The Morgan fingerprint density at radius 2 is 2.00 bits per heavy atom. The van der Waals surface area contributed by atoms with Crippen LogP contribution < -0.4 is 4.90 Å². The fraction of sp³-hybridized carbons (Fsp3) is 0.417. The van der Waals surface area contributed by atoms with E-state index in [4.69, 9.17) is 0 Å². The number of benzene rings is 1. The van der Waals surface area contributed by atoms with Crippen molar-refractivity contribution < 1.29 is 0 Å². The minimum Gasteiger partial charge on any atom is -0.370 e. The van der Waals surface area contributed by atoms with E-state index < -0.39 is 0 Å². The van der Waals surface area contributed by atoms with Gasteiger partial charge in [0.05, 0.1) is 17.4 Å². The fourth-order valence-electron chi connectivity index (χ4n) is 1.52. The average Bonchev–Trinajstić information content (AvgIpc) is 2.61. The van der Waals surface area contributed by atoms with Crippen molar-refractivity contribution in [2.24, 2.45) is 0 Å². The monoisotopic (exact) mass is 203 g/mol. The first-order chi connectivity index (χ1) is 6.98. The second kappa shape index (κ2) is 3.26. The van der Waals surface area contributed by atoms with E-state index >= 15 is 0 Å². The highest BCUT2D eigenvalue weighted by Crippen LogP contribution is 2.24. The Hall–Kier alpha value is -1.51. The second-order valence-corrected chi connectivity index (χ2v) is 4.83. The summed E-state index contributed by atoms with van der Waals surface area (Å²) < 4.78 is 0. The molecule has 0 bridgehead atoms. The number of hydrogen-bond acceptors (Lipinski definition) is 2. The summed E-state index contributed by atoms with van der Waals surface area (Å²) in [6.07, 6.45) is 1.73. The number of nitrogens with one attached hydrogen (secondary N) is 1. The van der Waals surface area contributed by atoms with Gasteiger partial charge in [-0.25, -0.2) is 4.98 Å². The van der Waals surface area contributed by atoms with Crippen LogP contribution in [0.5, 0.6) is 0 Å². The molecule has 1 aromatic heterocycles. The molecule has 0 atom stereocenters. The molecular weight excluding hydrogens is 186 g/mol. The van der Waals surface area contributed by atoms with Gasteiger partial charge in [-0.15, -0.1) is 0 Å². The van der Waals surface area contributed by atoms with Crippen LogP contribution in [0.1, 0.15) is 20.8 Å². The van der Waals surface area contributed by atoms with Crippen LogP contribution in [0.2, 0.25) is 0 Å². The molecule has 2 rings (SSSR count). The van der Waals surface area contributed by atoms with Crippen LogP contribution >= 0.6 is 0 Å². The molecule has 0 amide bonds. The van der Waals surface area contributed by atoms with Crippen molar-refractivity contribution >= 4 is 16.7 Å². The number of imidazole rings is 1. The summed E-state index contributed by atoms with van der Waals surface area (Å²) in [5.41, 5.74) is 3.44. The SMILES string of the molecule is CN(c1ccc2nc[nH]c2c1)C(C)(C)C. The molecule has 0 aliphatic heterocycles. The van der Waals surface area contributed by atoms with E-state index in [1.807, 2.05) is 6.07 Å². The van der Waals surface area contributed by atoms with Gasteiger partial charge in [-0.1, -0.05) is 0 Å². The molecule has 1 N–H and O–H groups in total. The summed E-state index contributed by atoms with van der Waals surface area (Å²) in [7, 11) is 2.11.